The first-order valence-corrected chi connectivity index (χ1v) is 10.5. The molecule has 0 heterocycles. The monoisotopic (exact) mass is 418 g/mol. The molecule has 3 rings (SSSR count). The van der Waals surface area contributed by atoms with Crippen molar-refractivity contribution in [1.82, 2.24) is 5.32 Å². The Labute approximate surface area is 169 Å². The second-order valence-electron chi connectivity index (χ2n) is 6.91. The first-order chi connectivity index (χ1) is 13.7. The molecule has 0 bridgehead atoms. The summed E-state index contributed by atoms with van der Waals surface area (Å²) in [7, 11) is -2.80. The maximum Gasteiger partial charge on any atom is 0.338 e. The number of rotatable bonds is 8. The number of hydrogen-bond acceptors (Lipinski definition) is 6. The van der Waals surface area contributed by atoms with Gasteiger partial charge in [-0.05, 0) is 36.6 Å². The molecule has 0 aliphatic heterocycles. The van der Waals surface area contributed by atoms with Gasteiger partial charge in [0.15, 0.2) is 6.61 Å². The number of carbonyl (C=O) groups excluding carboxylic acids is 2. The van der Waals surface area contributed by atoms with Gasteiger partial charge in [-0.15, -0.1) is 0 Å². The standard InChI is InChI=1S/C20H22N2O6S/c1-27-16-8-7-14(11-17(16)29(21,25)26)19(24)28-12-18(23)22-13-20(9-10-20)15-5-3-2-4-6-15/h2-8,11H,9-10,12-13H2,1H3,(H,22,23)(H2,21,25,26). The maximum atomic E-state index is 12.2. The number of methoxy groups -OCH3 is 1. The lowest BCUT2D eigenvalue weighted by Gasteiger charge is -2.16. The molecule has 9 heteroatoms. The smallest absolute Gasteiger partial charge is 0.338 e. The van der Waals surface area contributed by atoms with Crippen LogP contribution >= 0.6 is 0 Å². The number of hydrogen-bond donors (Lipinski definition) is 2. The highest BCUT2D eigenvalue weighted by Gasteiger charge is 2.44. The van der Waals surface area contributed by atoms with Crippen molar-refractivity contribution < 1.29 is 27.5 Å². The van der Waals surface area contributed by atoms with Crippen molar-refractivity contribution in [3.05, 3.63) is 59.7 Å². The van der Waals surface area contributed by atoms with E-state index in [1.165, 1.54) is 24.8 Å². The molecule has 2 aromatic rings. The molecular weight excluding hydrogens is 396 g/mol. The van der Waals surface area contributed by atoms with Gasteiger partial charge in [0.25, 0.3) is 5.91 Å². The van der Waals surface area contributed by atoms with Crippen molar-refractivity contribution in [2.45, 2.75) is 23.2 Å². The molecule has 0 aromatic heterocycles. The van der Waals surface area contributed by atoms with Gasteiger partial charge in [-0.25, -0.2) is 18.4 Å². The summed E-state index contributed by atoms with van der Waals surface area (Å²) in [6.45, 7) is -0.00800. The summed E-state index contributed by atoms with van der Waals surface area (Å²) in [5, 5.41) is 7.93. The number of esters is 1. The lowest BCUT2D eigenvalue weighted by atomic mass is 9.96. The first-order valence-electron chi connectivity index (χ1n) is 8.95. The van der Waals surface area contributed by atoms with Gasteiger partial charge in [0, 0.05) is 12.0 Å². The molecular formula is C20H22N2O6S. The van der Waals surface area contributed by atoms with E-state index in [-0.39, 0.29) is 21.6 Å². The lowest BCUT2D eigenvalue weighted by Crippen LogP contribution is -2.35. The molecule has 1 fully saturated rings. The molecule has 2 aromatic carbocycles. The minimum absolute atomic E-state index is 0.0115. The van der Waals surface area contributed by atoms with Gasteiger partial charge in [-0.2, -0.15) is 0 Å². The molecule has 1 saturated carbocycles. The van der Waals surface area contributed by atoms with Crippen LogP contribution in [0.25, 0.3) is 0 Å². The zero-order chi connectivity index (χ0) is 21.1. The topological polar surface area (TPSA) is 125 Å². The minimum Gasteiger partial charge on any atom is -0.495 e. The molecule has 0 atom stereocenters. The molecule has 3 N–H and O–H groups in total. The predicted molar refractivity (Wildman–Crippen MR) is 105 cm³/mol. The Morgan fingerprint density at radius 2 is 1.83 bits per heavy atom. The van der Waals surface area contributed by atoms with E-state index in [4.69, 9.17) is 14.6 Å². The van der Waals surface area contributed by atoms with Crippen LogP contribution in [-0.2, 0) is 25.0 Å². The Morgan fingerprint density at radius 1 is 1.14 bits per heavy atom. The average molecular weight is 418 g/mol. The quantitative estimate of drug-likeness (QED) is 0.624. The normalized spacial score (nSPS) is 14.7. The summed E-state index contributed by atoms with van der Waals surface area (Å²) in [6, 6.07) is 13.6. The van der Waals surface area contributed by atoms with E-state index in [9.17, 15) is 18.0 Å². The van der Waals surface area contributed by atoms with Gasteiger partial charge in [0.1, 0.15) is 10.6 Å². The van der Waals surface area contributed by atoms with Gasteiger partial charge < -0.3 is 14.8 Å². The highest BCUT2D eigenvalue weighted by molar-refractivity contribution is 7.89. The van der Waals surface area contributed by atoms with Crippen LogP contribution in [-0.4, -0.2) is 40.6 Å². The molecule has 1 aliphatic rings. The summed E-state index contributed by atoms with van der Waals surface area (Å²) in [5.74, 6) is -1.25. The van der Waals surface area contributed by atoms with Crippen LogP contribution in [0.15, 0.2) is 53.4 Å². The average Bonchev–Trinajstić information content (AvgIpc) is 3.51. The van der Waals surface area contributed by atoms with Gasteiger partial charge in [-0.3, -0.25) is 4.79 Å². The number of ether oxygens (including phenoxy) is 2. The second kappa shape index (κ2) is 8.22. The van der Waals surface area contributed by atoms with Gasteiger partial charge in [-0.1, -0.05) is 30.3 Å². The number of carbonyl (C=O) groups is 2. The fourth-order valence-electron chi connectivity index (χ4n) is 3.07. The number of nitrogens with one attached hydrogen (secondary N) is 1. The summed E-state index contributed by atoms with van der Waals surface area (Å²) >= 11 is 0. The van der Waals surface area contributed by atoms with Crippen molar-refractivity contribution >= 4 is 21.9 Å². The van der Waals surface area contributed by atoms with E-state index in [2.05, 4.69) is 5.32 Å². The Bertz CT molecular complexity index is 1020. The third-order valence-electron chi connectivity index (χ3n) is 4.90. The second-order valence-corrected chi connectivity index (χ2v) is 8.44. The van der Waals surface area contributed by atoms with Crippen molar-refractivity contribution in [3.63, 3.8) is 0 Å². The van der Waals surface area contributed by atoms with E-state index >= 15 is 0 Å². The number of amides is 1. The third-order valence-corrected chi connectivity index (χ3v) is 5.84. The molecule has 154 valence electrons. The molecule has 29 heavy (non-hydrogen) atoms. The molecule has 1 aliphatic carbocycles. The summed E-state index contributed by atoms with van der Waals surface area (Å²) in [6.07, 6.45) is 1.97. The number of nitrogens with two attached hydrogens (primary N) is 1. The highest BCUT2D eigenvalue weighted by Crippen LogP contribution is 2.47. The van der Waals surface area contributed by atoms with Crippen LogP contribution < -0.4 is 15.2 Å². The lowest BCUT2D eigenvalue weighted by molar-refractivity contribution is -0.124. The van der Waals surface area contributed by atoms with Crippen LogP contribution in [0.1, 0.15) is 28.8 Å². The van der Waals surface area contributed by atoms with E-state index in [1.54, 1.807) is 0 Å². The predicted octanol–water partition coefficient (Wildman–Crippen LogP) is 1.35. The van der Waals surface area contributed by atoms with E-state index in [0.29, 0.717) is 6.54 Å². The summed E-state index contributed by atoms with van der Waals surface area (Å²) in [5.41, 5.74) is 1.07. The van der Waals surface area contributed by atoms with Crippen LogP contribution in [0.3, 0.4) is 0 Å². The summed E-state index contributed by atoms with van der Waals surface area (Å²) in [4.78, 5) is 23.9. The van der Waals surface area contributed by atoms with Crippen LogP contribution in [0.4, 0.5) is 0 Å². The van der Waals surface area contributed by atoms with E-state index in [1.807, 2.05) is 30.3 Å². The SMILES string of the molecule is COc1ccc(C(=O)OCC(=O)NCC2(c3ccccc3)CC2)cc1S(N)(=O)=O. The maximum absolute atomic E-state index is 12.2. The number of primary sulfonamides is 1. The number of sulfonamides is 1. The van der Waals surface area contributed by atoms with Crippen molar-refractivity contribution in [2.24, 2.45) is 5.14 Å². The Kier molecular flexibility index (Phi) is 5.90. The largest absolute Gasteiger partial charge is 0.495 e. The van der Waals surface area contributed by atoms with Crippen LogP contribution in [0.2, 0.25) is 0 Å². The van der Waals surface area contributed by atoms with Crippen LogP contribution in [0, 0.1) is 0 Å². The molecule has 0 saturated heterocycles. The fraction of sp³-hybridized carbons (Fsp3) is 0.300. The Hall–Kier alpha value is -2.91. The van der Waals surface area contributed by atoms with Gasteiger partial charge in [0.05, 0.1) is 12.7 Å². The molecule has 0 radical (unpaired) electrons. The molecule has 8 nitrogen and oxygen atoms in total. The Balaban J connectivity index is 1.56. The Morgan fingerprint density at radius 3 is 2.41 bits per heavy atom. The zero-order valence-electron chi connectivity index (χ0n) is 15.9. The molecule has 0 unspecified atom stereocenters. The number of benzene rings is 2. The van der Waals surface area contributed by atoms with Crippen molar-refractivity contribution in [1.29, 1.82) is 0 Å². The third kappa shape index (κ3) is 4.93. The minimum atomic E-state index is -4.09. The summed E-state index contributed by atoms with van der Waals surface area (Å²) < 4.78 is 33.2. The zero-order valence-corrected chi connectivity index (χ0v) is 16.7. The first kappa shape index (κ1) is 20.8. The van der Waals surface area contributed by atoms with E-state index < -0.39 is 28.5 Å². The molecule has 0 spiro atoms. The molecule has 1 amide bonds. The fourth-order valence-corrected chi connectivity index (χ4v) is 3.79. The van der Waals surface area contributed by atoms with Crippen molar-refractivity contribution in [2.75, 3.05) is 20.3 Å². The highest BCUT2D eigenvalue weighted by atomic mass is 32.2. The van der Waals surface area contributed by atoms with Crippen LogP contribution in [0.5, 0.6) is 5.75 Å². The van der Waals surface area contributed by atoms with Gasteiger partial charge in [0.2, 0.25) is 10.0 Å². The van der Waals surface area contributed by atoms with Gasteiger partial charge >= 0.3 is 5.97 Å². The van der Waals surface area contributed by atoms with E-state index in [0.717, 1.165) is 18.9 Å². The van der Waals surface area contributed by atoms with Crippen molar-refractivity contribution in [3.8, 4) is 5.75 Å².